The minimum Gasteiger partial charge on any atom is -0.304 e. The van der Waals surface area contributed by atoms with E-state index in [0.29, 0.717) is 10.7 Å². The molecule has 2 aromatic rings. The minimum atomic E-state index is -0.105. The molecule has 5 heteroatoms. The zero-order valence-corrected chi connectivity index (χ0v) is 9.34. The normalized spacial score (nSPS) is 10.3. The number of carbonyl (C=O) groups is 1. The fourth-order valence-corrected chi connectivity index (χ4v) is 1.98. The van der Waals surface area contributed by atoms with Gasteiger partial charge in [0.15, 0.2) is 5.82 Å². The van der Waals surface area contributed by atoms with E-state index in [2.05, 4.69) is 10.4 Å². The summed E-state index contributed by atoms with van der Waals surface area (Å²) in [6.07, 6.45) is 1.79. The van der Waals surface area contributed by atoms with Crippen molar-refractivity contribution in [2.45, 2.75) is 6.92 Å². The molecular weight excluding hydrogens is 210 g/mol. The number of nitrogens with zero attached hydrogens (tertiary/aromatic N) is 2. The van der Waals surface area contributed by atoms with Gasteiger partial charge in [-0.1, -0.05) is 0 Å². The summed E-state index contributed by atoms with van der Waals surface area (Å²) in [6.45, 7) is 1.97. The van der Waals surface area contributed by atoms with Gasteiger partial charge in [0.05, 0.1) is 4.88 Å². The summed E-state index contributed by atoms with van der Waals surface area (Å²) < 4.78 is 1.65. The third-order valence-electron chi connectivity index (χ3n) is 1.92. The lowest BCUT2D eigenvalue weighted by Gasteiger charge is -1.97. The number of aromatic nitrogens is 2. The largest absolute Gasteiger partial charge is 0.304 e. The zero-order chi connectivity index (χ0) is 10.8. The fraction of sp³-hybridized carbons (Fsp3) is 0.200. The molecule has 1 amide bonds. The molecule has 0 aromatic carbocycles. The average Bonchev–Trinajstić information content (AvgIpc) is 2.75. The predicted octanol–water partition coefficient (Wildman–Crippen LogP) is 2.04. The molecule has 0 saturated carbocycles. The van der Waals surface area contributed by atoms with E-state index in [1.165, 1.54) is 11.3 Å². The second kappa shape index (κ2) is 3.86. The highest BCUT2D eigenvalue weighted by molar-refractivity contribution is 7.14. The van der Waals surface area contributed by atoms with Gasteiger partial charge in [-0.05, 0) is 19.1 Å². The molecule has 0 fully saturated rings. The van der Waals surface area contributed by atoms with Gasteiger partial charge in [0, 0.05) is 24.2 Å². The van der Waals surface area contributed by atoms with Gasteiger partial charge in [-0.15, -0.1) is 11.3 Å². The maximum atomic E-state index is 11.7. The quantitative estimate of drug-likeness (QED) is 0.843. The van der Waals surface area contributed by atoms with Crippen molar-refractivity contribution in [2.24, 2.45) is 7.05 Å². The standard InChI is InChI=1S/C10H11N3OS/c1-7-3-4-8(15-7)10(14)11-9-5-6-13(2)12-9/h3-6H,1-2H3,(H,11,12,14). The second-order valence-corrected chi connectivity index (χ2v) is 4.53. The highest BCUT2D eigenvalue weighted by Crippen LogP contribution is 2.16. The van der Waals surface area contributed by atoms with Gasteiger partial charge in [0.25, 0.3) is 5.91 Å². The summed E-state index contributed by atoms with van der Waals surface area (Å²) in [5.74, 6) is 0.473. The van der Waals surface area contributed by atoms with Crippen molar-refractivity contribution in [2.75, 3.05) is 5.32 Å². The molecule has 0 spiro atoms. The van der Waals surface area contributed by atoms with Crippen LogP contribution in [0.4, 0.5) is 5.82 Å². The number of aryl methyl sites for hydroxylation is 2. The first kappa shape index (κ1) is 9.92. The Morgan fingerprint density at radius 3 is 2.80 bits per heavy atom. The Labute approximate surface area is 91.5 Å². The smallest absolute Gasteiger partial charge is 0.266 e. The zero-order valence-electron chi connectivity index (χ0n) is 8.52. The Morgan fingerprint density at radius 2 is 2.27 bits per heavy atom. The highest BCUT2D eigenvalue weighted by Gasteiger charge is 2.09. The van der Waals surface area contributed by atoms with Crippen molar-refractivity contribution in [1.29, 1.82) is 0 Å². The molecule has 1 N–H and O–H groups in total. The number of nitrogens with one attached hydrogen (secondary N) is 1. The van der Waals surface area contributed by atoms with E-state index >= 15 is 0 Å². The van der Waals surface area contributed by atoms with Crippen LogP contribution in [0.3, 0.4) is 0 Å². The van der Waals surface area contributed by atoms with Gasteiger partial charge in [-0.3, -0.25) is 9.48 Å². The molecule has 0 aliphatic rings. The monoisotopic (exact) mass is 221 g/mol. The first-order valence-corrected chi connectivity index (χ1v) is 5.34. The Hall–Kier alpha value is -1.62. The Bertz CT molecular complexity index is 486. The number of amides is 1. The number of hydrogen-bond acceptors (Lipinski definition) is 3. The molecule has 15 heavy (non-hydrogen) atoms. The van der Waals surface area contributed by atoms with Crippen LogP contribution in [-0.4, -0.2) is 15.7 Å². The Kier molecular flexibility index (Phi) is 2.55. The summed E-state index contributed by atoms with van der Waals surface area (Å²) in [5, 5.41) is 6.80. The molecule has 0 unspecified atom stereocenters. The third-order valence-corrected chi connectivity index (χ3v) is 2.92. The first-order valence-electron chi connectivity index (χ1n) is 4.52. The van der Waals surface area contributed by atoms with Gasteiger partial charge in [-0.25, -0.2) is 0 Å². The molecule has 0 bridgehead atoms. The molecule has 0 radical (unpaired) electrons. The van der Waals surface area contributed by atoms with Crippen LogP contribution in [0.5, 0.6) is 0 Å². The van der Waals surface area contributed by atoms with Crippen LogP contribution in [0.2, 0.25) is 0 Å². The van der Waals surface area contributed by atoms with Gasteiger partial charge < -0.3 is 5.32 Å². The van der Waals surface area contributed by atoms with E-state index in [-0.39, 0.29) is 5.91 Å². The van der Waals surface area contributed by atoms with E-state index in [9.17, 15) is 4.79 Å². The Balaban J connectivity index is 2.10. The summed E-state index contributed by atoms with van der Waals surface area (Å²) in [6, 6.07) is 5.51. The minimum absolute atomic E-state index is 0.105. The van der Waals surface area contributed by atoms with Crippen LogP contribution < -0.4 is 5.32 Å². The van der Waals surface area contributed by atoms with E-state index in [1.54, 1.807) is 16.9 Å². The van der Waals surface area contributed by atoms with Gasteiger partial charge >= 0.3 is 0 Å². The van der Waals surface area contributed by atoms with Gasteiger partial charge in [0.1, 0.15) is 0 Å². The van der Waals surface area contributed by atoms with Crippen molar-refractivity contribution in [3.8, 4) is 0 Å². The van der Waals surface area contributed by atoms with E-state index in [0.717, 1.165) is 4.88 Å². The van der Waals surface area contributed by atoms with Crippen molar-refractivity contribution in [1.82, 2.24) is 9.78 Å². The van der Waals surface area contributed by atoms with E-state index < -0.39 is 0 Å². The SMILES string of the molecule is Cc1ccc(C(=O)Nc2ccn(C)n2)s1. The molecule has 0 aliphatic heterocycles. The molecule has 0 atom stereocenters. The van der Waals surface area contributed by atoms with E-state index in [1.807, 2.05) is 26.1 Å². The number of anilines is 1. The highest BCUT2D eigenvalue weighted by atomic mass is 32.1. The molecule has 2 rings (SSSR count). The van der Waals surface area contributed by atoms with Crippen molar-refractivity contribution >= 4 is 23.1 Å². The summed E-state index contributed by atoms with van der Waals surface area (Å²) in [4.78, 5) is 13.5. The van der Waals surface area contributed by atoms with Crippen LogP contribution >= 0.6 is 11.3 Å². The molecule has 2 aromatic heterocycles. The lowest BCUT2D eigenvalue weighted by molar-refractivity contribution is 0.103. The molecule has 0 aliphatic carbocycles. The first-order chi connectivity index (χ1) is 7.15. The topological polar surface area (TPSA) is 46.9 Å². The maximum Gasteiger partial charge on any atom is 0.266 e. The number of thiophene rings is 1. The van der Waals surface area contributed by atoms with Crippen molar-refractivity contribution in [3.63, 3.8) is 0 Å². The summed E-state index contributed by atoms with van der Waals surface area (Å²) >= 11 is 1.48. The number of carbonyl (C=O) groups excluding carboxylic acids is 1. The molecule has 0 saturated heterocycles. The van der Waals surface area contributed by atoms with Crippen LogP contribution in [0, 0.1) is 6.92 Å². The van der Waals surface area contributed by atoms with Crippen LogP contribution in [-0.2, 0) is 7.05 Å². The second-order valence-electron chi connectivity index (χ2n) is 3.24. The summed E-state index contributed by atoms with van der Waals surface area (Å²) in [7, 11) is 1.81. The van der Waals surface area contributed by atoms with Gasteiger partial charge in [0.2, 0.25) is 0 Å². The third kappa shape index (κ3) is 2.24. The lowest BCUT2D eigenvalue weighted by Crippen LogP contribution is -2.10. The molecule has 4 nitrogen and oxygen atoms in total. The van der Waals surface area contributed by atoms with Crippen LogP contribution in [0.25, 0.3) is 0 Å². The van der Waals surface area contributed by atoms with E-state index in [4.69, 9.17) is 0 Å². The van der Waals surface area contributed by atoms with Gasteiger partial charge in [-0.2, -0.15) is 5.10 Å². The molecular formula is C10H11N3OS. The number of hydrogen-bond donors (Lipinski definition) is 1. The molecule has 2 heterocycles. The number of rotatable bonds is 2. The lowest BCUT2D eigenvalue weighted by atomic mass is 10.4. The average molecular weight is 221 g/mol. The van der Waals surface area contributed by atoms with Crippen molar-refractivity contribution < 1.29 is 4.79 Å². The van der Waals surface area contributed by atoms with Crippen LogP contribution in [0.15, 0.2) is 24.4 Å². The predicted molar refractivity (Wildman–Crippen MR) is 60.2 cm³/mol. The fourth-order valence-electron chi connectivity index (χ4n) is 1.22. The van der Waals surface area contributed by atoms with Crippen LogP contribution in [0.1, 0.15) is 14.5 Å². The maximum absolute atomic E-state index is 11.7. The van der Waals surface area contributed by atoms with Crippen molar-refractivity contribution in [3.05, 3.63) is 34.2 Å². The molecule has 78 valence electrons. The summed E-state index contributed by atoms with van der Waals surface area (Å²) in [5.41, 5.74) is 0. The Morgan fingerprint density at radius 1 is 1.47 bits per heavy atom.